The predicted molar refractivity (Wildman–Crippen MR) is 84.9 cm³/mol. The van der Waals surface area contributed by atoms with Gasteiger partial charge in [0.05, 0.1) is 6.61 Å². The van der Waals surface area contributed by atoms with E-state index in [1.165, 1.54) is 0 Å². The normalized spacial score (nSPS) is 16.0. The summed E-state index contributed by atoms with van der Waals surface area (Å²) >= 11 is 5.81. The van der Waals surface area contributed by atoms with E-state index in [9.17, 15) is 4.79 Å². The van der Waals surface area contributed by atoms with Crippen LogP contribution in [0, 0.1) is 0 Å². The largest absolute Gasteiger partial charge is 0.494 e. The Morgan fingerprint density at radius 1 is 1.19 bits per heavy atom. The summed E-state index contributed by atoms with van der Waals surface area (Å²) in [5.74, 6) is 1.04. The van der Waals surface area contributed by atoms with Crippen LogP contribution < -0.4 is 4.74 Å². The zero-order valence-electron chi connectivity index (χ0n) is 12.6. The van der Waals surface area contributed by atoms with Crippen molar-refractivity contribution in [2.24, 2.45) is 0 Å². The van der Waals surface area contributed by atoms with Crippen LogP contribution in [0.25, 0.3) is 0 Å². The fourth-order valence-electron chi connectivity index (χ4n) is 2.42. The van der Waals surface area contributed by atoms with Crippen molar-refractivity contribution < 1.29 is 9.53 Å². The first-order chi connectivity index (χ1) is 10.2. The number of ether oxygens (including phenoxy) is 1. The number of benzene rings is 1. The predicted octanol–water partition coefficient (Wildman–Crippen LogP) is 2.66. The first-order valence-electron chi connectivity index (χ1n) is 7.57. The molecule has 0 bridgehead atoms. The number of hydrogen-bond donors (Lipinski definition) is 0. The van der Waals surface area contributed by atoms with Crippen LogP contribution in [0.4, 0.5) is 0 Å². The van der Waals surface area contributed by atoms with Gasteiger partial charge in [-0.05, 0) is 37.2 Å². The minimum absolute atomic E-state index is 0.241. The molecule has 0 saturated carbocycles. The number of likely N-dealkylation sites (N-methyl/N-ethyl adjacent to an activating group) is 1. The number of amides is 1. The lowest BCUT2D eigenvalue weighted by atomic mass is 10.2. The topological polar surface area (TPSA) is 32.8 Å². The number of nitrogens with zero attached hydrogens (tertiary/aromatic N) is 2. The molecule has 1 aromatic carbocycles. The average Bonchev–Trinajstić information content (AvgIpc) is 2.53. The lowest BCUT2D eigenvalue weighted by molar-refractivity contribution is -0.133. The summed E-state index contributed by atoms with van der Waals surface area (Å²) in [5.41, 5.74) is 0. The third-order valence-corrected chi connectivity index (χ3v) is 4.04. The molecule has 116 valence electrons. The molecule has 1 fully saturated rings. The molecule has 1 aromatic rings. The second-order valence-corrected chi connectivity index (χ2v) is 5.66. The Kier molecular flexibility index (Phi) is 6.33. The molecule has 0 unspecified atom stereocenters. The fourth-order valence-corrected chi connectivity index (χ4v) is 2.54. The van der Waals surface area contributed by atoms with Crippen molar-refractivity contribution in [1.29, 1.82) is 0 Å². The van der Waals surface area contributed by atoms with Gasteiger partial charge in [-0.25, -0.2) is 0 Å². The van der Waals surface area contributed by atoms with E-state index in [-0.39, 0.29) is 5.91 Å². The van der Waals surface area contributed by atoms with Crippen LogP contribution in [-0.4, -0.2) is 55.0 Å². The molecular weight excluding hydrogens is 288 g/mol. The van der Waals surface area contributed by atoms with E-state index in [2.05, 4.69) is 11.8 Å². The third-order valence-electron chi connectivity index (χ3n) is 3.79. The van der Waals surface area contributed by atoms with E-state index >= 15 is 0 Å². The summed E-state index contributed by atoms with van der Waals surface area (Å²) in [6, 6.07) is 7.28. The molecule has 0 radical (unpaired) electrons. The molecule has 2 rings (SSSR count). The molecular formula is C16H23ClN2O2. The first-order valence-corrected chi connectivity index (χ1v) is 7.95. The van der Waals surface area contributed by atoms with Crippen LogP contribution in [0.1, 0.15) is 19.8 Å². The van der Waals surface area contributed by atoms with Crippen molar-refractivity contribution >= 4 is 17.5 Å². The number of carbonyl (C=O) groups is 1. The minimum atomic E-state index is 0.241. The Bertz CT molecular complexity index is 442. The second-order valence-electron chi connectivity index (χ2n) is 5.22. The van der Waals surface area contributed by atoms with Crippen molar-refractivity contribution in [3.63, 3.8) is 0 Å². The van der Waals surface area contributed by atoms with Gasteiger partial charge >= 0.3 is 0 Å². The lowest BCUT2D eigenvalue weighted by Gasteiger charge is -2.34. The van der Waals surface area contributed by atoms with Crippen molar-refractivity contribution in [1.82, 2.24) is 9.80 Å². The monoisotopic (exact) mass is 310 g/mol. The summed E-state index contributed by atoms with van der Waals surface area (Å²) in [7, 11) is 0. The fraction of sp³-hybridized carbons (Fsp3) is 0.562. The molecule has 4 nitrogen and oxygen atoms in total. The highest BCUT2D eigenvalue weighted by Gasteiger charge is 2.19. The van der Waals surface area contributed by atoms with Gasteiger partial charge in [-0.2, -0.15) is 0 Å². The van der Waals surface area contributed by atoms with Gasteiger partial charge < -0.3 is 14.5 Å². The molecule has 0 N–H and O–H groups in total. The van der Waals surface area contributed by atoms with Gasteiger partial charge in [0.15, 0.2) is 0 Å². The summed E-state index contributed by atoms with van der Waals surface area (Å²) in [5, 5.41) is 0.698. The Hall–Kier alpha value is -1.26. The maximum Gasteiger partial charge on any atom is 0.222 e. The number of hydrogen-bond acceptors (Lipinski definition) is 3. The number of carbonyl (C=O) groups excluding carboxylic acids is 1. The van der Waals surface area contributed by atoms with E-state index in [0.29, 0.717) is 18.1 Å². The summed E-state index contributed by atoms with van der Waals surface area (Å²) in [4.78, 5) is 16.4. The van der Waals surface area contributed by atoms with Gasteiger partial charge in [0.1, 0.15) is 5.75 Å². The summed E-state index contributed by atoms with van der Waals surface area (Å²) in [6.45, 7) is 7.47. The number of halogens is 1. The van der Waals surface area contributed by atoms with Gasteiger partial charge in [0.25, 0.3) is 0 Å². The van der Waals surface area contributed by atoms with E-state index < -0.39 is 0 Å². The Labute approximate surface area is 131 Å². The molecule has 1 aliphatic rings. The Morgan fingerprint density at radius 3 is 2.48 bits per heavy atom. The highest BCUT2D eigenvalue weighted by molar-refractivity contribution is 6.30. The van der Waals surface area contributed by atoms with Gasteiger partial charge in [0, 0.05) is 37.6 Å². The smallest absolute Gasteiger partial charge is 0.222 e. The molecule has 21 heavy (non-hydrogen) atoms. The molecule has 1 saturated heterocycles. The van der Waals surface area contributed by atoms with Crippen molar-refractivity contribution in [2.45, 2.75) is 19.8 Å². The minimum Gasteiger partial charge on any atom is -0.494 e. The maximum atomic E-state index is 12.1. The van der Waals surface area contributed by atoms with E-state index in [1.54, 1.807) is 12.1 Å². The highest BCUT2D eigenvalue weighted by Crippen LogP contribution is 2.15. The molecule has 0 aromatic heterocycles. The molecule has 0 spiro atoms. The van der Waals surface area contributed by atoms with E-state index in [4.69, 9.17) is 16.3 Å². The molecule has 0 atom stereocenters. The quantitative estimate of drug-likeness (QED) is 0.757. The average molecular weight is 311 g/mol. The molecule has 1 heterocycles. The molecule has 5 heteroatoms. The van der Waals surface area contributed by atoms with Crippen LogP contribution in [0.15, 0.2) is 24.3 Å². The molecule has 1 aliphatic heterocycles. The zero-order chi connectivity index (χ0) is 15.1. The molecule has 1 amide bonds. The second kappa shape index (κ2) is 8.25. The van der Waals surface area contributed by atoms with Crippen LogP contribution in [-0.2, 0) is 4.79 Å². The standard InChI is InChI=1S/C16H23ClN2O2/c1-2-18-9-11-19(12-10-18)16(20)4-3-13-21-15-7-5-14(17)6-8-15/h5-8H,2-4,9-13H2,1H3. The van der Waals surface area contributed by atoms with Crippen molar-refractivity contribution in [2.75, 3.05) is 39.3 Å². The van der Waals surface area contributed by atoms with E-state index in [0.717, 1.165) is 44.9 Å². The van der Waals surface area contributed by atoms with Gasteiger partial charge in [-0.3, -0.25) is 4.79 Å². The Balaban J connectivity index is 1.62. The van der Waals surface area contributed by atoms with Gasteiger partial charge in [-0.15, -0.1) is 0 Å². The van der Waals surface area contributed by atoms with Crippen molar-refractivity contribution in [3.8, 4) is 5.75 Å². The summed E-state index contributed by atoms with van der Waals surface area (Å²) < 4.78 is 5.60. The van der Waals surface area contributed by atoms with Crippen LogP contribution >= 0.6 is 11.6 Å². The SMILES string of the molecule is CCN1CCN(C(=O)CCCOc2ccc(Cl)cc2)CC1. The van der Waals surface area contributed by atoms with Crippen LogP contribution in [0.2, 0.25) is 5.02 Å². The molecule has 0 aliphatic carbocycles. The lowest BCUT2D eigenvalue weighted by Crippen LogP contribution is -2.48. The maximum absolute atomic E-state index is 12.1. The number of rotatable bonds is 6. The first kappa shape index (κ1) is 16.1. The Morgan fingerprint density at radius 2 is 1.86 bits per heavy atom. The van der Waals surface area contributed by atoms with Gasteiger partial charge in [0.2, 0.25) is 5.91 Å². The van der Waals surface area contributed by atoms with Gasteiger partial charge in [-0.1, -0.05) is 18.5 Å². The zero-order valence-corrected chi connectivity index (χ0v) is 13.3. The van der Waals surface area contributed by atoms with Crippen LogP contribution in [0.3, 0.4) is 0 Å². The van der Waals surface area contributed by atoms with Crippen LogP contribution in [0.5, 0.6) is 5.75 Å². The summed E-state index contributed by atoms with van der Waals surface area (Å²) in [6.07, 6.45) is 1.30. The third kappa shape index (κ3) is 5.21. The van der Waals surface area contributed by atoms with E-state index in [1.807, 2.05) is 17.0 Å². The highest BCUT2D eigenvalue weighted by atomic mass is 35.5. The number of piperazine rings is 1. The van der Waals surface area contributed by atoms with Crippen molar-refractivity contribution in [3.05, 3.63) is 29.3 Å².